The molecule has 1 amide bonds. The molecule has 0 radical (unpaired) electrons. The molecule has 134 valence electrons. The van der Waals surface area contributed by atoms with E-state index in [1.165, 1.54) is 0 Å². The lowest BCUT2D eigenvalue weighted by Crippen LogP contribution is -2.15. The molecule has 2 aromatic carbocycles. The fourth-order valence-electron chi connectivity index (χ4n) is 2.27. The molecule has 0 saturated heterocycles. The number of anilines is 3. The topological polar surface area (TPSA) is 90.7 Å². The van der Waals surface area contributed by atoms with Gasteiger partial charge in [-0.1, -0.05) is 23.2 Å². The lowest BCUT2D eigenvalue weighted by atomic mass is 10.2. The molecule has 1 heterocycles. The third-order valence-electron chi connectivity index (χ3n) is 3.53. The van der Waals surface area contributed by atoms with Crippen molar-refractivity contribution in [3.05, 3.63) is 75.5 Å². The Hall–Kier alpha value is -3.14. The Morgan fingerprint density at radius 3 is 2.37 bits per heavy atom. The Balaban J connectivity index is 1.80. The van der Waals surface area contributed by atoms with Gasteiger partial charge in [-0.3, -0.25) is 4.79 Å². The summed E-state index contributed by atoms with van der Waals surface area (Å²) in [5.74, 6) is -0.124. The highest BCUT2D eigenvalue weighted by molar-refractivity contribution is 6.42. The first kappa shape index (κ1) is 18.6. The molecule has 27 heavy (non-hydrogen) atoms. The molecular weight excluding hydrogens is 385 g/mol. The van der Waals surface area contributed by atoms with Crippen LogP contribution in [0.15, 0.2) is 48.5 Å². The minimum atomic E-state index is -0.387. The zero-order valence-electron chi connectivity index (χ0n) is 14.1. The Kier molecular flexibility index (Phi) is 5.55. The molecule has 0 atom stereocenters. The normalized spacial score (nSPS) is 10.1. The van der Waals surface area contributed by atoms with E-state index in [1.807, 2.05) is 6.07 Å². The number of aromatic nitrogens is 2. The van der Waals surface area contributed by atoms with Gasteiger partial charge in [0.15, 0.2) is 0 Å². The summed E-state index contributed by atoms with van der Waals surface area (Å²) in [5.41, 5.74) is 2.55. The van der Waals surface area contributed by atoms with Crippen molar-refractivity contribution in [1.29, 1.82) is 5.26 Å². The number of nitrogens with one attached hydrogen (secondary N) is 2. The number of amides is 1. The van der Waals surface area contributed by atoms with E-state index in [9.17, 15) is 4.79 Å². The largest absolute Gasteiger partial charge is 0.324 e. The van der Waals surface area contributed by atoms with Gasteiger partial charge in [0.2, 0.25) is 5.95 Å². The van der Waals surface area contributed by atoms with Crippen LogP contribution in [0.4, 0.5) is 17.3 Å². The SMILES string of the molecule is Cc1cc(C(=O)Nc2ccc(C#N)cc2)nc(Nc2ccc(Cl)c(Cl)c2)n1. The van der Waals surface area contributed by atoms with Crippen molar-refractivity contribution >= 4 is 46.4 Å². The van der Waals surface area contributed by atoms with E-state index in [0.717, 1.165) is 0 Å². The van der Waals surface area contributed by atoms with Crippen LogP contribution in [0.2, 0.25) is 10.0 Å². The molecule has 0 spiro atoms. The van der Waals surface area contributed by atoms with Crippen molar-refractivity contribution in [2.45, 2.75) is 6.92 Å². The molecule has 3 aromatic rings. The van der Waals surface area contributed by atoms with Crippen LogP contribution in [0.3, 0.4) is 0 Å². The molecular formula is C19H13Cl2N5O. The van der Waals surface area contributed by atoms with Crippen molar-refractivity contribution in [1.82, 2.24) is 9.97 Å². The van der Waals surface area contributed by atoms with E-state index in [1.54, 1.807) is 55.5 Å². The van der Waals surface area contributed by atoms with Gasteiger partial charge in [0, 0.05) is 17.1 Å². The first-order valence-corrected chi connectivity index (χ1v) is 8.59. The molecule has 1 aromatic heterocycles. The zero-order valence-corrected chi connectivity index (χ0v) is 15.6. The molecule has 0 unspecified atom stereocenters. The van der Waals surface area contributed by atoms with Gasteiger partial charge >= 0.3 is 0 Å². The summed E-state index contributed by atoms with van der Waals surface area (Å²) in [4.78, 5) is 21.0. The average molecular weight is 398 g/mol. The van der Waals surface area contributed by atoms with Crippen LogP contribution in [-0.2, 0) is 0 Å². The highest BCUT2D eigenvalue weighted by Crippen LogP contribution is 2.26. The second kappa shape index (κ2) is 8.04. The van der Waals surface area contributed by atoms with Crippen molar-refractivity contribution in [2.75, 3.05) is 10.6 Å². The number of carbonyl (C=O) groups excluding carboxylic acids is 1. The predicted molar refractivity (Wildman–Crippen MR) is 106 cm³/mol. The number of aryl methyl sites for hydroxylation is 1. The van der Waals surface area contributed by atoms with Gasteiger partial charge in [0.25, 0.3) is 5.91 Å². The van der Waals surface area contributed by atoms with Crippen LogP contribution < -0.4 is 10.6 Å². The van der Waals surface area contributed by atoms with Crippen LogP contribution >= 0.6 is 23.2 Å². The van der Waals surface area contributed by atoms with Crippen LogP contribution in [0, 0.1) is 18.3 Å². The summed E-state index contributed by atoms with van der Waals surface area (Å²) >= 11 is 11.9. The van der Waals surface area contributed by atoms with Crippen molar-refractivity contribution in [3.8, 4) is 6.07 Å². The van der Waals surface area contributed by atoms with Gasteiger partial charge in [0.1, 0.15) is 5.69 Å². The number of rotatable bonds is 4. The Labute approximate surface area is 165 Å². The van der Waals surface area contributed by atoms with E-state index in [4.69, 9.17) is 28.5 Å². The number of carbonyl (C=O) groups is 1. The number of nitriles is 1. The lowest BCUT2D eigenvalue weighted by molar-refractivity contribution is 0.102. The molecule has 0 aliphatic rings. The Morgan fingerprint density at radius 1 is 1.00 bits per heavy atom. The molecule has 0 saturated carbocycles. The molecule has 0 bridgehead atoms. The molecule has 8 heteroatoms. The minimum absolute atomic E-state index is 0.203. The third kappa shape index (κ3) is 4.73. The van der Waals surface area contributed by atoms with Gasteiger partial charge in [0.05, 0.1) is 21.7 Å². The maximum absolute atomic E-state index is 12.5. The second-order valence-corrected chi connectivity index (χ2v) is 6.43. The number of nitrogens with zero attached hydrogens (tertiary/aromatic N) is 3. The van der Waals surface area contributed by atoms with E-state index < -0.39 is 0 Å². The fraction of sp³-hybridized carbons (Fsp3) is 0.0526. The van der Waals surface area contributed by atoms with Gasteiger partial charge in [-0.2, -0.15) is 5.26 Å². The van der Waals surface area contributed by atoms with Gasteiger partial charge in [-0.25, -0.2) is 9.97 Å². The molecule has 0 aliphatic carbocycles. The molecule has 0 fully saturated rings. The highest BCUT2D eigenvalue weighted by Gasteiger charge is 2.12. The van der Waals surface area contributed by atoms with E-state index in [-0.39, 0.29) is 17.5 Å². The Morgan fingerprint density at radius 2 is 1.70 bits per heavy atom. The first-order valence-electron chi connectivity index (χ1n) is 7.84. The summed E-state index contributed by atoms with van der Waals surface area (Å²) in [6.45, 7) is 1.76. The van der Waals surface area contributed by atoms with E-state index in [2.05, 4.69) is 20.6 Å². The first-order chi connectivity index (χ1) is 12.9. The molecule has 6 nitrogen and oxygen atoms in total. The standard InChI is InChI=1S/C19H13Cl2N5O/c1-11-8-17(18(27)24-13-4-2-12(10-22)3-5-13)26-19(23-11)25-14-6-7-15(20)16(21)9-14/h2-9H,1H3,(H,24,27)(H,23,25,26). The van der Waals surface area contributed by atoms with Crippen LogP contribution in [0.25, 0.3) is 0 Å². The summed E-state index contributed by atoms with van der Waals surface area (Å²) in [6.07, 6.45) is 0. The van der Waals surface area contributed by atoms with Crippen molar-refractivity contribution in [3.63, 3.8) is 0 Å². The fourth-order valence-corrected chi connectivity index (χ4v) is 2.57. The molecule has 2 N–H and O–H groups in total. The number of halogens is 2. The smallest absolute Gasteiger partial charge is 0.274 e. The van der Waals surface area contributed by atoms with E-state index >= 15 is 0 Å². The maximum Gasteiger partial charge on any atom is 0.274 e. The second-order valence-electron chi connectivity index (χ2n) is 5.62. The van der Waals surface area contributed by atoms with Crippen LogP contribution in [0.1, 0.15) is 21.7 Å². The summed E-state index contributed by atoms with van der Waals surface area (Å²) in [6, 6.07) is 15.2. The van der Waals surface area contributed by atoms with Crippen LogP contribution in [0.5, 0.6) is 0 Å². The quantitative estimate of drug-likeness (QED) is 0.648. The van der Waals surface area contributed by atoms with E-state index in [0.29, 0.717) is 32.7 Å². The predicted octanol–water partition coefficient (Wildman–Crippen LogP) is 4.96. The number of hydrogen-bond donors (Lipinski definition) is 2. The summed E-state index contributed by atoms with van der Waals surface area (Å²) < 4.78 is 0. The monoisotopic (exact) mass is 397 g/mol. The number of hydrogen-bond acceptors (Lipinski definition) is 5. The number of benzene rings is 2. The van der Waals surface area contributed by atoms with Gasteiger partial charge in [-0.15, -0.1) is 0 Å². The van der Waals surface area contributed by atoms with Gasteiger partial charge in [-0.05, 0) is 55.5 Å². The third-order valence-corrected chi connectivity index (χ3v) is 4.27. The summed E-state index contributed by atoms with van der Waals surface area (Å²) in [7, 11) is 0. The minimum Gasteiger partial charge on any atom is -0.324 e. The van der Waals surface area contributed by atoms with Crippen molar-refractivity contribution in [2.24, 2.45) is 0 Å². The van der Waals surface area contributed by atoms with Crippen molar-refractivity contribution < 1.29 is 4.79 Å². The maximum atomic E-state index is 12.5. The Bertz CT molecular complexity index is 1040. The molecule has 0 aliphatic heterocycles. The molecule has 3 rings (SSSR count). The average Bonchev–Trinajstić information content (AvgIpc) is 2.65. The highest BCUT2D eigenvalue weighted by atomic mass is 35.5. The van der Waals surface area contributed by atoms with Crippen LogP contribution in [-0.4, -0.2) is 15.9 Å². The summed E-state index contributed by atoms with van der Waals surface area (Å²) in [5, 5.41) is 15.4. The lowest BCUT2D eigenvalue weighted by Gasteiger charge is -2.09. The van der Waals surface area contributed by atoms with Gasteiger partial charge < -0.3 is 10.6 Å². The zero-order chi connectivity index (χ0) is 19.4.